The molecule has 0 saturated heterocycles. The van der Waals surface area contributed by atoms with E-state index < -0.39 is 0 Å². The molecule has 1 N–H and O–H groups in total. The summed E-state index contributed by atoms with van der Waals surface area (Å²) in [5.74, 6) is 1.85. The summed E-state index contributed by atoms with van der Waals surface area (Å²) in [4.78, 5) is 11.6. The monoisotopic (exact) mass is 243 g/mol. The molecular weight excluding hydrogens is 226 g/mol. The van der Waals surface area contributed by atoms with Gasteiger partial charge in [-0.2, -0.15) is 0 Å². The number of carbonyl (C=O) groups is 1. The molecule has 3 nitrogen and oxygen atoms in total. The van der Waals surface area contributed by atoms with Crippen LogP contribution in [0.25, 0.3) is 0 Å². The molecular formula is C12H18ClNO2. The minimum Gasteiger partial charge on any atom is -0.466 e. The van der Waals surface area contributed by atoms with Gasteiger partial charge in [0.25, 0.3) is 0 Å². The van der Waals surface area contributed by atoms with E-state index in [2.05, 4.69) is 5.32 Å². The highest BCUT2D eigenvalue weighted by atomic mass is 35.5. The molecule has 1 amide bonds. The van der Waals surface area contributed by atoms with Gasteiger partial charge in [0.05, 0.1) is 6.04 Å². The van der Waals surface area contributed by atoms with Crippen LogP contribution in [-0.4, -0.2) is 11.8 Å². The fraction of sp³-hybridized carbons (Fsp3) is 0.583. The van der Waals surface area contributed by atoms with Gasteiger partial charge in [-0.25, -0.2) is 0 Å². The molecule has 0 radical (unpaired) electrons. The summed E-state index contributed by atoms with van der Waals surface area (Å²) in [5.41, 5.74) is 1.02. The van der Waals surface area contributed by atoms with Gasteiger partial charge in [-0.05, 0) is 26.8 Å². The van der Waals surface area contributed by atoms with Crippen LogP contribution in [0.15, 0.2) is 10.5 Å². The lowest BCUT2D eigenvalue weighted by Gasteiger charge is -2.15. The quantitative estimate of drug-likeness (QED) is 0.827. The summed E-state index contributed by atoms with van der Waals surface area (Å²) in [6, 6.07) is 1.90. The van der Waals surface area contributed by atoms with Gasteiger partial charge in [-0.15, -0.1) is 11.6 Å². The lowest BCUT2D eigenvalue weighted by atomic mass is 10.1. The van der Waals surface area contributed by atoms with Gasteiger partial charge in [0.15, 0.2) is 0 Å². The molecule has 1 heterocycles. The van der Waals surface area contributed by atoms with Gasteiger partial charge < -0.3 is 9.73 Å². The summed E-state index contributed by atoms with van der Waals surface area (Å²) >= 11 is 5.63. The summed E-state index contributed by atoms with van der Waals surface area (Å²) in [5, 5.41) is 2.92. The highest BCUT2D eigenvalue weighted by Crippen LogP contribution is 2.21. The van der Waals surface area contributed by atoms with Crippen molar-refractivity contribution in [2.75, 3.05) is 5.88 Å². The molecule has 1 aromatic heterocycles. The average molecular weight is 244 g/mol. The second-order valence-corrected chi connectivity index (χ2v) is 4.46. The van der Waals surface area contributed by atoms with Gasteiger partial charge in [-0.1, -0.05) is 6.92 Å². The van der Waals surface area contributed by atoms with Crippen LogP contribution in [0.5, 0.6) is 0 Å². The maximum absolute atomic E-state index is 11.6. The number of alkyl halides is 1. The molecule has 0 bridgehead atoms. The van der Waals surface area contributed by atoms with Crippen LogP contribution in [0.2, 0.25) is 0 Å². The zero-order valence-corrected chi connectivity index (χ0v) is 10.9. The second-order valence-electron chi connectivity index (χ2n) is 4.15. The molecule has 0 aromatic carbocycles. The Morgan fingerprint density at radius 2 is 2.12 bits per heavy atom. The topological polar surface area (TPSA) is 42.2 Å². The molecule has 0 aliphatic rings. The van der Waals surface area contributed by atoms with E-state index in [-0.39, 0.29) is 17.9 Å². The number of hydrogen-bond donors (Lipinski definition) is 1. The molecule has 4 heteroatoms. The molecule has 2 unspecified atom stereocenters. The largest absolute Gasteiger partial charge is 0.466 e. The summed E-state index contributed by atoms with van der Waals surface area (Å²) in [6.45, 7) is 7.54. The lowest BCUT2D eigenvalue weighted by Crippen LogP contribution is -2.32. The van der Waals surface area contributed by atoms with Crippen LogP contribution in [0, 0.1) is 19.8 Å². The fourth-order valence-electron chi connectivity index (χ4n) is 1.58. The minimum absolute atomic E-state index is 0.0271. The first-order chi connectivity index (χ1) is 7.45. The normalized spacial score (nSPS) is 14.6. The third-order valence-electron chi connectivity index (χ3n) is 2.58. The van der Waals surface area contributed by atoms with Crippen molar-refractivity contribution >= 4 is 17.5 Å². The number of hydrogen-bond acceptors (Lipinski definition) is 2. The molecule has 0 aliphatic heterocycles. The van der Waals surface area contributed by atoms with Crippen molar-refractivity contribution < 1.29 is 9.21 Å². The first-order valence-corrected chi connectivity index (χ1v) is 5.92. The van der Waals surface area contributed by atoms with Crippen molar-refractivity contribution in [3.8, 4) is 0 Å². The van der Waals surface area contributed by atoms with Crippen LogP contribution in [0.1, 0.15) is 37.0 Å². The maximum Gasteiger partial charge on any atom is 0.224 e. The zero-order chi connectivity index (χ0) is 12.3. The predicted molar refractivity (Wildman–Crippen MR) is 64.6 cm³/mol. The third kappa shape index (κ3) is 3.01. The Morgan fingerprint density at radius 3 is 2.56 bits per heavy atom. The number of halogens is 1. The first kappa shape index (κ1) is 13.1. The third-order valence-corrected chi connectivity index (χ3v) is 3.05. The van der Waals surface area contributed by atoms with Gasteiger partial charge in [0.1, 0.15) is 11.5 Å². The van der Waals surface area contributed by atoms with Gasteiger partial charge >= 0.3 is 0 Å². The maximum atomic E-state index is 11.6. The molecule has 2 atom stereocenters. The van der Waals surface area contributed by atoms with Crippen molar-refractivity contribution in [1.29, 1.82) is 0 Å². The number of furan rings is 1. The van der Waals surface area contributed by atoms with Gasteiger partial charge in [0.2, 0.25) is 5.91 Å². The zero-order valence-electron chi connectivity index (χ0n) is 10.1. The Bertz CT molecular complexity index is 373. The van der Waals surface area contributed by atoms with E-state index in [1.807, 2.05) is 33.8 Å². The van der Waals surface area contributed by atoms with E-state index in [4.69, 9.17) is 16.0 Å². The molecule has 0 aliphatic carbocycles. The molecule has 1 rings (SSSR count). The van der Waals surface area contributed by atoms with Crippen molar-refractivity contribution in [1.82, 2.24) is 5.32 Å². The Kier molecular flexibility index (Phi) is 4.42. The van der Waals surface area contributed by atoms with Gasteiger partial charge in [0, 0.05) is 17.4 Å². The lowest BCUT2D eigenvalue weighted by molar-refractivity contribution is -0.124. The van der Waals surface area contributed by atoms with Crippen LogP contribution < -0.4 is 5.32 Å². The smallest absolute Gasteiger partial charge is 0.224 e. The summed E-state index contributed by atoms with van der Waals surface area (Å²) in [7, 11) is 0. The predicted octanol–water partition coefficient (Wildman–Crippen LogP) is 2.95. The number of nitrogens with one attached hydrogen (secondary N) is 1. The first-order valence-electron chi connectivity index (χ1n) is 5.39. The summed E-state index contributed by atoms with van der Waals surface area (Å²) < 4.78 is 5.43. The molecule has 0 fully saturated rings. The molecule has 16 heavy (non-hydrogen) atoms. The number of aryl methyl sites for hydroxylation is 2. The van der Waals surface area contributed by atoms with Crippen molar-refractivity contribution in [3.05, 3.63) is 23.2 Å². The van der Waals surface area contributed by atoms with Crippen LogP contribution in [0.3, 0.4) is 0 Å². The highest BCUT2D eigenvalue weighted by Gasteiger charge is 2.18. The summed E-state index contributed by atoms with van der Waals surface area (Å²) in [6.07, 6.45) is 0. The van der Waals surface area contributed by atoms with E-state index in [9.17, 15) is 4.79 Å². The molecule has 1 aromatic rings. The Morgan fingerprint density at radius 1 is 1.50 bits per heavy atom. The van der Waals surface area contributed by atoms with Crippen molar-refractivity contribution in [2.24, 2.45) is 5.92 Å². The number of carbonyl (C=O) groups excluding carboxylic acids is 1. The molecule has 90 valence electrons. The van der Waals surface area contributed by atoms with Crippen LogP contribution in [-0.2, 0) is 4.79 Å². The minimum atomic E-state index is -0.169. The fourth-order valence-corrected chi connectivity index (χ4v) is 1.72. The van der Waals surface area contributed by atoms with Crippen molar-refractivity contribution in [3.63, 3.8) is 0 Å². The van der Waals surface area contributed by atoms with E-state index in [0.29, 0.717) is 5.88 Å². The van der Waals surface area contributed by atoms with Crippen LogP contribution >= 0.6 is 11.6 Å². The molecule has 0 spiro atoms. The van der Waals surface area contributed by atoms with Crippen molar-refractivity contribution in [2.45, 2.75) is 33.7 Å². The van der Waals surface area contributed by atoms with Gasteiger partial charge in [-0.3, -0.25) is 4.79 Å². The average Bonchev–Trinajstić information content (AvgIpc) is 2.56. The van der Waals surface area contributed by atoms with E-state index >= 15 is 0 Å². The standard InChI is InChI=1S/C12H18ClNO2/c1-7(6-13)12(15)14-9(3)11-5-8(2)16-10(11)4/h5,7,9H,6H2,1-4H3,(H,14,15). The Labute approximate surface area is 101 Å². The molecule has 0 saturated carbocycles. The number of amides is 1. The SMILES string of the molecule is Cc1cc(C(C)NC(=O)C(C)CCl)c(C)o1. The van der Waals surface area contributed by atoms with E-state index in [1.165, 1.54) is 0 Å². The Balaban J connectivity index is 2.69. The highest BCUT2D eigenvalue weighted by molar-refractivity contribution is 6.19. The number of rotatable bonds is 4. The second kappa shape index (κ2) is 5.39. The van der Waals surface area contributed by atoms with Crippen LogP contribution in [0.4, 0.5) is 0 Å². The Hall–Kier alpha value is -0.960. The van der Waals surface area contributed by atoms with E-state index in [0.717, 1.165) is 17.1 Å². The van der Waals surface area contributed by atoms with E-state index in [1.54, 1.807) is 0 Å².